The van der Waals surface area contributed by atoms with Gasteiger partial charge in [0.1, 0.15) is 41.3 Å². The van der Waals surface area contributed by atoms with E-state index in [1.807, 2.05) is 10.8 Å². The highest BCUT2D eigenvalue weighted by Crippen LogP contribution is 2.49. The number of fused-ring (bicyclic) bond motifs is 5. The van der Waals surface area contributed by atoms with Crippen LogP contribution in [0.25, 0.3) is 11.0 Å². The molecule has 61 heavy (non-hydrogen) atoms. The molecular weight excluding hydrogens is 815 g/mol. The van der Waals surface area contributed by atoms with Crippen LogP contribution >= 0.6 is 0 Å². The molecule has 1 aromatic carbocycles. The fourth-order valence-corrected chi connectivity index (χ4v) is 11.1. The van der Waals surface area contributed by atoms with Crippen molar-refractivity contribution < 1.29 is 50.6 Å². The molecule has 4 fully saturated rings. The zero-order chi connectivity index (χ0) is 44.2. The van der Waals surface area contributed by atoms with Crippen molar-refractivity contribution in [3.8, 4) is 11.6 Å². The molecule has 10 atom stereocenters. The summed E-state index contributed by atoms with van der Waals surface area (Å²) in [6.07, 6.45) is -0.117. The molecule has 18 heteroatoms. The number of alkyl carbamates (subject to hydrolysis) is 1. The summed E-state index contributed by atoms with van der Waals surface area (Å²) in [5.74, 6) is -3.78. The topological polar surface area (TPSA) is 195 Å². The van der Waals surface area contributed by atoms with E-state index in [-0.39, 0.29) is 30.9 Å². The number of ether oxygens (including phenoxy) is 3. The van der Waals surface area contributed by atoms with Crippen molar-refractivity contribution in [2.75, 3.05) is 13.7 Å². The van der Waals surface area contributed by atoms with Crippen LogP contribution in [0.15, 0.2) is 18.2 Å². The van der Waals surface area contributed by atoms with E-state index < -0.39 is 92.9 Å². The number of halogens is 2. The largest absolute Gasteiger partial charge is 0.497 e. The standard InChI is InChI=1S/C43H60F2N6O9S/c1-8-26-33-21-51(34(26)37(52)49-43(20-28(43)36(44)45)40(54)50-61(56,57)25-15-16-25)39(53)35(42(4,5)6)48-41(55)60-32-18-22(2)23(3)27(32)12-10-9-11-13-30-38(59-33)47-31-19-24(58-7)14-17-29(31)46-30/h14,17,19,22-23,25-28,32-36H,8-13,15-16,18,20-21H2,1-7H3,(H,48,55)(H,49,52)(H,50,54)/t22-,23-,26+,27+,28-,32+,33-,34-,35+,43+/m0/s1. The molecule has 1 aromatic heterocycles. The third-order valence-corrected chi connectivity index (χ3v) is 15.6. The molecule has 2 bridgehead atoms. The van der Waals surface area contributed by atoms with E-state index in [0.29, 0.717) is 60.0 Å². The number of alkyl halides is 2. The van der Waals surface area contributed by atoms with Gasteiger partial charge in [-0.3, -0.25) is 19.1 Å². The highest BCUT2D eigenvalue weighted by molar-refractivity contribution is 7.91. The average molecular weight is 875 g/mol. The van der Waals surface area contributed by atoms with Gasteiger partial charge in [-0.1, -0.05) is 54.4 Å². The van der Waals surface area contributed by atoms with Crippen molar-refractivity contribution in [2.24, 2.45) is 35.0 Å². The van der Waals surface area contributed by atoms with Crippen LogP contribution in [-0.4, -0.2) is 102 Å². The maximum absolute atomic E-state index is 15.0. The van der Waals surface area contributed by atoms with Gasteiger partial charge >= 0.3 is 6.09 Å². The van der Waals surface area contributed by atoms with Crippen molar-refractivity contribution >= 4 is 44.9 Å². The summed E-state index contributed by atoms with van der Waals surface area (Å²) in [6, 6.07) is 2.72. The number of sulfonamides is 1. The van der Waals surface area contributed by atoms with Gasteiger partial charge in [0.05, 0.1) is 35.9 Å². The van der Waals surface area contributed by atoms with Crippen molar-refractivity contribution in [2.45, 2.75) is 147 Å². The first-order valence-electron chi connectivity index (χ1n) is 21.7. The highest BCUT2D eigenvalue weighted by atomic mass is 32.2. The molecule has 3 heterocycles. The first-order chi connectivity index (χ1) is 28.8. The second-order valence-corrected chi connectivity index (χ2v) is 21.0. The molecule has 5 aliphatic rings. The SMILES string of the molecule is CC[C@@H]1[C@@H]2CN(C(=O)[C@H](C(C)(C)C)NC(=O)O[C@@H]3C[C@H](C)[C@H](C)[C@H]3CCCCCc3nc4ccc(OC)cc4nc3O2)[C@@H]1C(=O)N[C@]1(C(=O)NS(=O)(=O)C2CC2)C[C@H]1C(F)F. The monoisotopic (exact) mass is 874 g/mol. The fraction of sp³-hybridized carbons (Fsp3) is 0.721. The molecule has 2 aromatic rings. The van der Waals surface area contributed by atoms with Crippen LogP contribution in [0.3, 0.4) is 0 Å². The number of nitrogens with one attached hydrogen (secondary N) is 3. The molecule has 3 N–H and O–H groups in total. The quantitative estimate of drug-likeness (QED) is 0.312. The van der Waals surface area contributed by atoms with Gasteiger partial charge in [0.2, 0.25) is 34.1 Å². The van der Waals surface area contributed by atoms with Crippen LogP contribution in [-0.2, 0) is 35.6 Å². The summed E-state index contributed by atoms with van der Waals surface area (Å²) < 4.78 is 74.6. The molecule has 3 saturated carbocycles. The molecule has 2 aliphatic heterocycles. The molecule has 4 amide bonds. The molecule has 3 aliphatic carbocycles. The van der Waals surface area contributed by atoms with Gasteiger partial charge in [-0.2, -0.15) is 0 Å². The summed E-state index contributed by atoms with van der Waals surface area (Å²) in [6.45, 7) is 11.2. The Morgan fingerprint density at radius 1 is 1.05 bits per heavy atom. The van der Waals surface area contributed by atoms with Gasteiger partial charge in [0.15, 0.2) is 0 Å². The Kier molecular flexibility index (Phi) is 12.5. The number of nitrogens with zero attached hydrogens (tertiary/aromatic N) is 3. The Labute approximate surface area is 356 Å². The maximum Gasteiger partial charge on any atom is 0.408 e. The lowest BCUT2D eigenvalue weighted by Gasteiger charge is -2.36. The predicted molar refractivity (Wildman–Crippen MR) is 220 cm³/mol. The number of methoxy groups -OCH3 is 1. The molecule has 15 nitrogen and oxygen atoms in total. The Morgan fingerprint density at radius 2 is 1.79 bits per heavy atom. The van der Waals surface area contributed by atoms with Crippen LogP contribution in [0.2, 0.25) is 0 Å². The smallest absolute Gasteiger partial charge is 0.408 e. The van der Waals surface area contributed by atoms with Crippen molar-refractivity contribution in [3.05, 3.63) is 23.9 Å². The summed E-state index contributed by atoms with van der Waals surface area (Å²) in [7, 11) is -2.61. The molecule has 0 radical (unpaired) electrons. The normalized spacial score (nSPS) is 32.4. The van der Waals surface area contributed by atoms with Crippen LogP contribution in [0, 0.1) is 35.0 Å². The summed E-state index contributed by atoms with van der Waals surface area (Å²) in [5, 5.41) is 4.53. The van der Waals surface area contributed by atoms with Crippen LogP contribution in [0.4, 0.5) is 13.6 Å². The minimum Gasteiger partial charge on any atom is -0.497 e. The van der Waals surface area contributed by atoms with Crippen molar-refractivity contribution in [3.63, 3.8) is 0 Å². The van der Waals surface area contributed by atoms with Gasteiger partial charge in [0.25, 0.3) is 5.91 Å². The number of hydrogen-bond donors (Lipinski definition) is 3. The lowest BCUT2D eigenvalue weighted by Crippen LogP contribution is -2.61. The number of carbonyl (C=O) groups is 4. The lowest BCUT2D eigenvalue weighted by molar-refractivity contribution is -0.144. The number of amides is 4. The van der Waals surface area contributed by atoms with E-state index in [1.165, 1.54) is 4.90 Å². The van der Waals surface area contributed by atoms with E-state index in [0.717, 1.165) is 25.7 Å². The molecule has 7 rings (SSSR count). The van der Waals surface area contributed by atoms with E-state index in [9.17, 15) is 31.6 Å². The van der Waals surface area contributed by atoms with E-state index >= 15 is 4.79 Å². The Bertz CT molecular complexity index is 2130. The zero-order valence-electron chi connectivity index (χ0n) is 36.0. The molecular formula is C43H60F2N6O9S. The first kappa shape index (κ1) is 44.7. The molecule has 0 spiro atoms. The average Bonchev–Trinajstić information content (AvgIpc) is 4.12. The van der Waals surface area contributed by atoms with Gasteiger partial charge in [-0.15, -0.1) is 0 Å². The number of aryl methyl sites for hydroxylation is 1. The van der Waals surface area contributed by atoms with Gasteiger partial charge in [-0.05, 0) is 86.7 Å². The molecule has 1 saturated heterocycles. The summed E-state index contributed by atoms with van der Waals surface area (Å²) in [5.41, 5.74) is -1.44. The molecule has 336 valence electrons. The van der Waals surface area contributed by atoms with Gasteiger partial charge in [0, 0.05) is 12.0 Å². The summed E-state index contributed by atoms with van der Waals surface area (Å²) >= 11 is 0. The maximum atomic E-state index is 15.0. The van der Waals surface area contributed by atoms with Gasteiger partial charge in [-0.25, -0.2) is 32.0 Å². The van der Waals surface area contributed by atoms with E-state index in [4.69, 9.17) is 24.2 Å². The lowest BCUT2D eigenvalue weighted by atomic mass is 9.85. The number of rotatable bonds is 8. The molecule has 0 unspecified atom stereocenters. The minimum absolute atomic E-state index is 0.110. The van der Waals surface area contributed by atoms with E-state index in [1.54, 1.807) is 46.9 Å². The number of benzene rings is 1. The Balaban J connectivity index is 1.28. The summed E-state index contributed by atoms with van der Waals surface area (Å²) in [4.78, 5) is 68.4. The fourth-order valence-electron chi connectivity index (χ4n) is 9.72. The Morgan fingerprint density at radius 3 is 2.43 bits per heavy atom. The number of carbonyl (C=O) groups excluding carboxylic acids is 4. The highest BCUT2D eigenvalue weighted by Gasteiger charge is 2.67. The minimum atomic E-state index is -4.15. The Hall–Kier alpha value is -4.35. The third kappa shape index (κ3) is 9.10. The predicted octanol–water partition coefficient (Wildman–Crippen LogP) is 5.29. The first-order valence-corrected chi connectivity index (χ1v) is 23.3. The van der Waals surface area contributed by atoms with Crippen LogP contribution in [0.5, 0.6) is 11.6 Å². The van der Waals surface area contributed by atoms with Crippen LogP contribution in [0.1, 0.15) is 105 Å². The van der Waals surface area contributed by atoms with E-state index in [2.05, 4.69) is 24.5 Å². The third-order valence-electron chi connectivity index (χ3n) is 13.8. The zero-order valence-corrected chi connectivity index (χ0v) is 36.9. The number of hydrogen-bond acceptors (Lipinski definition) is 11. The second-order valence-electron chi connectivity index (χ2n) is 19.0. The van der Waals surface area contributed by atoms with Crippen molar-refractivity contribution in [1.29, 1.82) is 0 Å². The second kappa shape index (κ2) is 17.1. The van der Waals surface area contributed by atoms with Crippen LogP contribution < -0.4 is 24.8 Å². The number of aromatic nitrogens is 2. The van der Waals surface area contributed by atoms with Crippen molar-refractivity contribution in [1.82, 2.24) is 30.2 Å². The van der Waals surface area contributed by atoms with Gasteiger partial charge < -0.3 is 29.7 Å².